The third-order valence-corrected chi connectivity index (χ3v) is 6.49. The number of carbonyl (C=O) groups is 2. The lowest BCUT2D eigenvalue weighted by Gasteiger charge is -2.34. The molecule has 0 spiro atoms. The number of nitrogens with zero attached hydrogens (tertiary/aromatic N) is 4. The largest absolute Gasteiger partial charge is 0.459 e. The normalized spacial score (nSPS) is 14.5. The van der Waals surface area contributed by atoms with Crippen molar-refractivity contribution in [3.05, 3.63) is 77.3 Å². The number of hydrogen-bond acceptors (Lipinski definition) is 7. The topological polar surface area (TPSA) is 91.6 Å². The Morgan fingerprint density at radius 3 is 2.73 bits per heavy atom. The summed E-state index contributed by atoms with van der Waals surface area (Å²) in [4.78, 5) is 38.0. The number of amides is 2. The third-order valence-electron chi connectivity index (χ3n) is 5.68. The highest BCUT2D eigenvalue weighted by Gasteiger charge is 2.22. The first-order chi connectivity index (χ1) is 16.2. The van der Waals surface area contributed by atoms with Crippen molar-refractivity contribution < 1.29 is 14.0 Å². The first-order valence-corrected chi connectivity index (χ1v) is 11.7. The standard InChI is InChI=1S/C24H23N5O3S/c30-21(14-19-16-33-24(26-19)27-23(31)20-7-3-13-32-20)29-11-9-28(10-12-29)15-18-5-1-4-17-6-2-8-25-22(17)18/h1-8,13,16H,9-12,14-15H2,(H,26,27,31). The minimum atomic E-state index is -0.357. The molecule has 0 aliphatic carbocycles. The Hall–Kier alpha value is -3.56. The number of nitrogens with one attached hydrogen (secondary N) is 1. The fourth-order valence-corrected chi connectivity index (χ4v) is 4.68. The van der Waals surface area contributed by atoms with Gasteiger partial charge in [-0.25, -0.2) is 4.98 Å². The summed E-state index contributed by atoms with van der Waals surface area (Å²) in [6.07, 6.45) is 3.49. The van der Waals surface area contributed by atoms with Crippen LogP contribution in [0.3, 0.4) is 0 Å². The third kappa shape index (κ3) is 4.94. The van der Waals surface area contributed by atoms with E-state index in [9.17, 15) is 9.59 Å². The molecule has 1 aromatic carbocycles. The number of benzene rings is 1. The lowest BCUT2D eigenvalue weighted by atomic mass is 10.1. The summed E-state index contributed by atoms with van der Waals surface area (Å²) in [5.74, 6) is -0.0830. The van der Waals surface area contributed by atoms with Gasteiger partial charge in [-0.1, -0.05) is 24.3 Å². The van der Waals surface area contributed by atoms with Gasteiger partial charge in [0.05, 0.1) is 23.9 Å². The summed E-state index contributed by atoms with van der Waals surface area (Å²) in [6, 6.07) is 13.5. The first-order valence-electron chi connectivity index (χ1n) is 10.8. The second kappa shape index (κ2) is 9.51. The number of thiazole rings is 1. The van der Waals surface area contributed by atoms with E-state index < -0.39 is 0 Å². The zero-order chi connectivity index (χ0) is 22.6. The molecule has 8 nitrogen and oxygen atoms in total. The Bertz CT molecular complexity index is 1260. The van der Waals surface area contributed by atoms with E-state index in [1.807, 2.05) is 17.2 Å². The zero-order valence-corrected chi connectivity index (χ0v) is 18.8. The molecule has 1 N–H and O–H groups in total. The first kappa shape index (κ1) is 21.3. The highest BCUT2D eigenvalue weighted by molar-refractivity contribution is 7.14. The number of furan rings is 1. The smallest absolute Gasteiger partial charge is 0.293 e. The van der Waals surface area contributed by atoms with Crippen LogP contribution in [-0.4, -0.2) is 57.8 Å². The Morgan fingerprint density at radius 2 is 1.91 bits per heavy atom. The van der Waals surface area contributed by atoms with Gasteiger partial charge >= 0.3 is 0 Å². The molecule has 2 amide bonds. The average Bonchev–Trinajstić information content (AvgIpc) is 3.52. The highest BCUT2D eigenvalue weighted by Crippen LogP contribution is 2.20. The van der Waals surface area contributed by atoms with Gasteiger partial charge in [0.25, 0.3) is 5.91 Å². The van der Waals surface area contributed by atoms with Crippen molar-refractivity contribution in [1.82, 2.24) is 19.8 Å². The van der Waals surface area contributed by atoms with Gasteiger partial charge in [0.1, 0.15) is 0 Å². The maximum absolute atomic E-state index is 12.8. The van der Waals surface area contributed by atoms with Crippen molar-refractivity contribution in [2.75, 3.05) is 31.5 Å². The van der Waals surface area contributed by atoms with Crippen molar-refractivity contribution in [2.45, 2.75) is 13.0 Å². The fraction of sp³-hybridized carbons (Fsp3) is 0.250. The molecular weight excluding hydrogens is 438 g/mol. The summed E-state index contributed by atoms with van der Waals surface area (Å²) in [7, 11) is 0. The van der Waals surface area contributed by atoms with Gasteiger partial charge in [-0.15, -0.1) is 11.3 Å². The highest BCUT2D eigenvalue weighted by atomic mass is 32.1. The fourth-order valence-electron chi connectivity index (χ4n) is 3.97. The lowest BCUT2D eigenvalue weighted by molar-refractivity contribution is -0.132. The van der Waals surface area contributed by atoms with E-state index in [0.717, 1.165) is 30.5 Å². The molecule has 1 saturated heterocycles. The molecule has 4 aromatic rings. The van der Waals surface area contributed by atoms with Crippen LogP contribution < -0.4 is 5.32 Å². The molecular formula is C24H23N5O3S. The van der Waals surface area contributed by atoms with Gasteiger partial charge in [0.2, 0.25) is 5.91 Å². The number of rotatable bonds is 6. The van der Waals surface area contributed by atoms with Crippen LogP contribution in [0, 0.1) is 0 Å². The van der Waals surface area contributed by atoms with Crippen molar-refractivity contribution in [1.29, 1.82) is 0 Å². The summed E-state index contributed by atoms with van der Waals surface area (Å²) in [5.41, 5.74) is 2.90. The van der Waals surface area contributed by atoms with E-state index >= 15 is 0 Å². The number of pyridine rings is 1. The summed E-state index contributed by atoms with van der Waals surface area (Å²) in [5, 5.41) is 6.10. The molecule has 4 heterocycles. The Kier molecular flexibility index (Phi) is 6.14. The molecule has 1 fully saturated rings. The van der Waals surface area contributed by atoms with Crippen LogP contribution in [0.1, 0.15) is 21.8 Å². The molecule has 0 unspecified atom stereocenters. The number of piperazine rings is 1. The van der Waals surface area contributed by atoms with Crippen molar-refractivity contribution in [2.24, 2.45) is 0 Å². The molecule has 3 aromatic heterocycles. The van der Waals surface area contributed by atoms with Gasteiger partial charge in [0, 0.05) is 49.7 Å². The summed E-state index contributed by atoms with van der Waals surface area (Å²) < 4.78 is 5.08. The second-order valence-corrected chi connectivity index (χ2v) is 8.76. The van der Waals surface area contributed by atoms with E-state index in [0.29, 0.717) is 23.9 Å². The molecule has 5 rings (SSSR count). The van der Waals surface area contributed by atoms with E-state index in [1.54, 1.807) is 17.5 Å². The predicted octanol–water partition coefficient (Wildman–Crippen LogP) is 3.42. The van der Waals surface area contributed by atoms with E-state index in [1.165, 1.54) is 23.2 Å². The molecule has 0 bridgehead atoms. The number of aromatic nitrogens is 2. The van der Waals surface area contributed by atoms with Gasteiger partial charge in [-0.05, 0) is 23.8 Å². The minimum absolute atomic E-state index is 0.0516. The monoisotopic (exact) mass is 461 g/mol. The van der Waals surface area contributed by atoms with Gasteiger partial charge in [0.15, 0.2) is 10.9 Å². The van der Waals surface area contributed by atoms with E-state index in [2.05, 4.69) is 44.5 Å². The van der Waals surface area contributed by atoms with Crippen LogP contribution in [0.5, 0.6) is 0 Å². The molecule has 9 heteroatoms. The van der Waals surface area contributed by atoms with E-state index in [4.69, 9.17) is 4.42 Å². The summed E-state index contributed by atoms with van der Waals surface area (Å²) >= 11 is 1.30. The molecule has 0 saturated carbocycles. The van der Waals surface area contributed by atoms with E-state index in [-0.39, 0.29) is 24.0 Å². The molecule has 1 aliphatic heterocycles. The van der Waals surface area contributed by atoms with Crippen molar-refractivity contribution in [3.63, 3.8) is 0 Å². The predicted molar refractivity (Wildman–Crippen MR) is 126 cm³/mol. The van der Waals surface area contributed by atoms with Crippen LogP contribution in [0.25, 0.3) is 10.9 Å². The van der Waals surface area contributed by atoms with Crippen LogP contribution in [0.2, 0.25) is 0 Å². The Balaban J connectivity index is 1.13. The molecule has 168 valence electrons. The molecule has 33 heavy (non-hydrogen) atoms. The molecule has 0 radical (unpaired) electrons. The maximum atomic E-state index is 12.8. The number of anilines is 1. The Labute approximate surface area is 194 Å². The van der Waals surface area contributed by atoms with Gasteiger partial charge in [-0.3, -0.25) is 24.8 Å². The maximum Gasteiger partial charge on any atom is 0.293 e. The lowest BCUT2D eigenvalue weighted by Crippen LogP contribution is -2.48. The quantitative estimate of drug-likeness (QED) is 0.473. The summed E-state index contributed by atoms with van der Waals surface area (Å²) in [6.45, 7) is 3.82. The van der Waals surface area contributed by atoms with Crippen LogP contribution in [0.15, 0.2) is 64.7 Å². The number of hydrogen-bond donors (Lipinski definition) is 1. The number of fused-ring (bicyclic) bond motifs is 1. The average molecular weight is 462 g/mol. The second-order valence-electron chi connectivity index (χ2n) is 7.90. The number of para-hydroxylation sites is 1. The SMILES string of the molecule is O=C(Nc1nc(CC(=O)N2CCN(Cc3cccc4cccnc34)CC2)cs1)c1ccco1. The minimum Gasteiger partial charge on any atom is -0.459 e. The van der Waals surface area contributed by atoms with Gasteiger partial charge in [-0.2, -0.15) is 0 Å². The van der Waals surface area contributed by atoms with Crippen molar-refractivity contribution in [3.8, 4) is 0 Å². The van der Waals surface area contributed by atoms with Crippen LogP contribution >= 0.6 is 11.3 Å². The molecule has 1 aliphatic rings. The van der Waals surface area contributed by atoms with Crippen molar-refractivity contribution >= 4 is 39.2 Å². The zero-order valence-electron chi connectivity index (χ0n) is 17.9. The van der Waals surface area contributed by atoms with Crippen LogP contribution in [0.4, 0.5) is 5.13 Å². The molecule has 0 atom stereocenters. The van der Waals surface area contributed by atoms with Crippen LogP contribution in [-0.2, 0) is 17.8 Å². The Morgan fingerprint density at radius 1 is 1.06 bits per heavy atom. The van der Waals surface area contributed by atoms with Gasteiger partial charge < -0.3 is 9.32 Å². The number of carbonyl (C=O) groups excluding carboxylic acids is 2.